The Labute approximate surface area is 162 Å². The summed E-state index contributed by atoms with van der Waals surface area (Å²) in [5.74, 6) is 0.879. The molecule has 3 aromatic rings. The summed E-state index contributed by atoms with van der Waals surface area (Å²) in [7, 11) is 3.08. The first-order chi connectivity index (χ1) is 13.3. The highest BCUT2D eigenvalue weighted by molar-refractivity contribution is 6.02. The number of benzene rings is 1. The van der Waals surface area contributed by atoms with E-state index in [4.69, 9.17) is 23.4 Å². The third kappa shape index (κ3) is 3.68. The summed E-state index contributed by atoms with van der Waals surface area (Å²) in [4.78, 5) is 15.8. The van der Waals surface area contributed by atoms with Crippen LogP contribution < -0.4 is 14.2 Å². The maximum Gasteiger partial charge on any atom is 0.303 e. The summed E-state index contributed by atoms with van der Waals surface area (Å²) in [5, 5.41) is 11.7. The van der Waals surface area contributed by atoms with Crippen LogP contribution in [-0.4, -0.2) is 48.6 Å². The number of rotatable bonds is 7. The van der Waals surface area contributed by atoms with Crippen molar-refractivity contribution in [3.63, 3.8) is 0 Å². The minimum absolute atomic E-state index is 0.0644. The van der Waals surface area contributed by atoms with E-state index in [0.717, 1.165) is 10.8 Å². The first-order valence-corrected chi connectivity index (χ1v) is 8.70. The monoisotopic (exact) mass is 389 g/mol. The number of furan rings is 1. The fraction of sp³-hybridized carbons (Fsp3) is 0.400. The minimum Gasteiger partial charge on any atom is -0.495 e. The van der Waals surface area contributed by atoms with Gasteiger partial charge in [0.25, 0.3) is 0 Å². The molecule has 0 radical (unpaired) electrons. The molecule has 0 aliphatic heterocycles. The maximum absolute atomic E-state index is 11.3. The fourth-order valence-electron chi connectivity index (χ4n) is 2.93. The third-order valence-corrected chi connectivity index (χ3v) is 4.34. The lowest BCUT2D eigenvalue weighted by molar-refractivity contribution is -0.162. The van der Waals surface area contributed by atoms with Crippen LogP contribution in [0.5, 0.6) is 17.2 Å². The number of nitrogens with zero attached hydrogens (tertiary/aromatic N) is 1. The Kier molecular flexibility index (Phi) is 5.33. The van der Waals surface area contributed by atoms with Gasteiger partial charge in [0, 0.05) is 12.3 Å². The van der Waals surface area contributed by atoms with Crippen LogP contribution in [0.2, 0.25) is 0 Å². The summed E-state index contributed by atoms with van der Waals surface area (Å²) < 4.78 is 27.5. The predicted octanol–water partition coefficient (Wildman–Crippen LogP) is 3.08. The number of ether oxygens (including phenoxy) is 4. The van der Waals surface area contributed by atoms with Crippen molar-refractivity contribution in [3.8, 4) is 17.2 Å². The van der Waals surface area contributed by atoms with Crippen molar-refractivity contribution in [3.05, 3.63) is 24.5 Å². The Morgan fingerprint density at radius 3 is 2.50 bits per heavy atom. The van der Waals surface area contributed by atoms with Crippen LogP contribution >= 0.6 is 0 Å². The number of aromatic nitrogens is 1. The molecule has 2 aromatic heterocycles. The van der Waals surface area contributed by atoms with Gasteiger partial charge in [0.2, 0.25) is 5.71 Å². The van der Waals surface area contributed by atoms with Gasteiger partial charge in [0.1, 0.15) is 17.9 Å². The molecular weight excluding hydrogens is 366 g/mol. The number of fused-ring (bicyclic) bond motifs is 2. The normalized spacial score (nSPS) is 12.8. The van der Waals surface area contributed by atoms with Gasteiger partial charge in [0.15, 0.2) is 17.6 Å². The zero-order chi connectivity index (χ0) is 20.5. The summed E-state index contributed by atoms with van der Waals surface area (Å²) >= 11 is 0. The highest BCUT2D eigenvalue weighted by atomic mass is 16.6. The van der Waals surface area contributed by atoms with E-state index in [2.05, 4.69) is 4.98 Å². The minimum atomic E-state index is -1.28. The van der Waals surface area contributed by atoms with E-state index in [1.165, 1.54) is 20.3 Å². The summed E-state index contributed by atoms with van der Waals surface area (Å²) in [6.45, 7) is 4.30. The van der Waals surface area contributed by atoms with Crippen LogP contribution in [-0.2, 0) is 9.53 Å². The van der Waals surface area contributed by atoms with Crippen LogP contribution in [0.1, 0.15) is 20.8 Å². The van der Waals surface area contributed by atoms with E-state index >= 15 is 0 Å². The number of carbonyl (C=O) groups excluding carboxylic acids is 1. The molecule has 1 N–H and O–H groups in total. The molecule has 0 spiro atoms. The van der Waals surface area contributed by atoms with Gasteiger partial charge < -0.3 is 28.5 Å². The summed E-state index contributed by atoms with van der Waals surface area (Å²) in [6.07, 6.45) is 0.677. The number of pyridine rings is 1. The van der Waals surface area contributed by atoms with E-state index in [1.807, 2.05) is 0 Å². The summed E-state index contributed by atoms with van der Waals surface area (Å²) in [5.41, 5.74) is -0.363. The topological polar surface area (TPSA) is 100 Å². The van der Waals surface area contributed by atoms with Crippen LogP contribution in [0.4, 0.5) is 0 Å². The van der Waals surface area contributed by atoms with Crippen molar-refractivity contribution < 1.29 is 33.3 Å². The maximum atomic E-state index is 11.3. The molecule has 8 nitrogen and oxygen atoms in total. The second-order valence-electron chi connectivity index (χ2n) is 6.84. The molecule has 0 saturated carbocycles. The lowest BCUT2D eigenvalue weighted by Gasteiger charge is -2.28. The van der Waals surface area contributed by atoms with Crippen molar-refractivity contribution in [2.45, 2.75) is 32.5 Å². The molecular formula is C20H23NO7. The van der Waals surface area contributed by atoms with Crippen LogP contribution in [0.25, 0.3) is 22.0 Å². The molecule has 0 amide bonds. The van der Waals surface area contributed by atoms with Gasteiger partial charge in [0.05, 0.1) is 31.5 Å². The molecule has 0 aliphatic carbocycles. The lowest BCUT2D eigenvalue weighted by atomic mass is 10.0. The Balaban J connectivity index is 2.02. The van der Waals surface area contributed by atoms with E-state index in [0.29, 0.717) is 28.5 Å². The van der Waals surface area contributed by atoms with Crippen molar-refractivity contribution >= 4 is 28.0 Å². The number of hydrogen-bond donors (Lipinski definition) is 1. The van der Waals surface area contributed by atoms with E-state index < -0.39 is 17.7 Å². The highest BCUT2D eigenvalue weighted by Gasteiger charge is 2.31. The molecule has 0 saturated heterocycles. The molecule has 2 heterocycles. The molecule has 0 fully saturated rings. The van der Waals surface area contributed by atoms with E-state index in [9.17, 15) is 9.90 Å². The molecule has 1 unspecified atom stereocenters. The molecule has 0 aliphatic rings. The number of carbonyl (C=O) groups is 1. The number of hydrogen-bond acceptors (Lipinski definition) is 8. The fourth-order valence-corrected chi connectivity index (χ4v) is 2.93. The second-order valence-corrected chi connectivity index (χ2v) is 6.84. The van der Waals surface area contributed by atoms with Gasteiger partial charge in [-0.05, 0) is 32.0 Å². The van der Waals surface area contributed by atoms with Gasteiger partial charge >= 0.3 is 5.97 Å². The van der Waals surface area contributed by atoms with Gasteiger partial charge in [-0.25, -0.2) is 4.98 Å². The Bertz CT molecular complexity index is 1000. The second kappa shape index (κ2) is 7.55. The molecule has 1 atom stereocenters. The van der Waals surface area contributed by atoms with E-state index in [-0.39, 0.29) is 6.61 Å². The van der Waals surface area contributed by atoms with Gasteiger partial charge in [-0.15, -0.1) is 0 Å². The number of aliphatic hydroxyl groups is 1. The summed E-state index contributed by atoms with van der Waals surface area (Å²) in [6, 6.07) is 5.30. The highest BCUT2D eigenvalue weighted by Crippen LogP contribution is 2.41. The average molecular weight is 389 g/mol. The Hall–Kier alpha value is -3.00. The standard InChI is InChI=1S/C20H23NO7/c1-11(22)28-15(20(2,3)23)10-27-14-7-6-12-16(18(14)25-5)21-19-13(8-9-26-19)17(12)24-4/h6-9,15,23H,10H2,1-5H3. The van der Waals surface area contributed by atoms with Crippen molar-refractivity contribution in [2.75, 3.05) is 20.8 Å². The van der Waals surface area contributed by atoms with Crippen molar-refractivity contribution in [1.82, 2.24) is 4.98 Å². The average Bonchev–Trinajstić information content (AvgIpc) is 3.09. The Morgan fingerprint density at radius 1 is 1.18 bits per heavy atom. The molecule has 1 aromatic carbocycles. The van der Waals surface area contributed by atoms with Gasteiger partial charge in [-0.2, -0.15) is 0 Å². The molecule has 28 heavy (non-hydrogen) atoms. The molecule has 0 bridgehead atoms. The van der Waals surface area contributed by atoms with Crippen molar-refractivity contribution in [2.24, 2.45) is 0 Å². The quantitative estimate of drug-likeness (QED) is 0.616. The third-order valence-electron chi connectivity index (χ3n) is 4.34. The zero-order valence-electron chi connectivity index (χ0n) is 16.4. The van der Waals surface area contributed by atoms with Gasteiger partial charge in [-0.1, -0.05) is 0 Å². The van der Waals surface area contributed by atoms with E-state index in [1.54, 1.807) is 39.2 Å². The lowest BCUT2D eigenvalue weighted by Crippen LogP contribution is -2.43. The Morgan fingerprint density at radius 2 is 1.89 bits per heavy atom. The predicted molar refractivity (Wildman–Crippen MR) is 102 cm³/mol. The SMILES string of the molecule is COc1c2ccoc2nc2c(OC)c(OCC(OC(C)=O)C(C)(C)O)ccc12. The number of esters is 1. The molecule has 150 valence electrons. The molecule has 8 heteroatoms. The number of methoxy groups -OCH3 is 2. The molecule has 3 rings (SSSR count). The van der Waals surface area contributed by atoms with Crippen LogP contribution in [0.15, 0.2) is 28.9 Å². The first-order valence-electron chi connectivity index (χ1n) is 8.70. The van der Waals surface area contributed by atoms with Crippen LogP contribution in [0, 0.1) is 0 Å². The van der Waals surface area contributed by atoms with Gasteiger partial charge in [-0.3, -0.25) is 4.79 Å². The van der Waals surface area contributed by atoms with Crippen molar-refractivity contribution in [1.29, 1.82) is 0 Å². The largest absolute Gasteiger partial charge is 0.495 e. The first kappa shape index (κ1) is 19.8. The zero-order valence-corrected chi connectivity index (χ0v) is 16.4. The smallest absolute Gasteiger partial charge is 0.303 e. The van der Waals surface area contributed by atoms with Crippen LogP contribution in [0.3, 0.4) is 0 Å².